The van der Waals surface area contributed by atoms with Crippen LogP contribution in [0.4, 0.5) is 0 Å². The predicted molar refractivity (Wildman–Crippen MR) is 65.0 cm³/mol. The molecule has 1 aromatic heterocycles. The Kier molecular flexibility index (Phi) is 4.68. The highest BCUT2D eigenvalue weighted by Crippen LogP contribution is 2.33. The number of nitrogens with zero attached hydrogens (tertiary/aromatic N) is 2. The number of hydrogen-bond acceptors (Lipinski definition) is 6. The lowest BCUT2D eigenvalue weighted by Crippen LogP contribution is -2.36. The maximum Gasteiger partial charge on any atom is 0.226 e. The van der Waals surface area contributed by atoms with Crippen LogP contribution < -0.4 is 5.73 Å². The van der Waals surface area contributed by atoms with Gasteiger partial charge in [0.15, 0.2) is 0 Å². The summed E-state index contributed by atoms with van der Waals surface area (Å²) in [6.45, 7) is 2.04. The van der Waals surface area contributed by atoms with Gasteiger partial charge in [0.05, 0.1) is 0 Å². The van der Waals surface area contributed by atoms with Gasteiger partial charge >= 0.3 is 0 Å². The summed E-state index contributed by atoms with van der Waals surface area (Å²) >= 11 is 0. The number of hydrogen-bond donors (Lipinski definition) is 1. The highest BCUT2D eigenvalue weighted by Gasteiger charge is 2.39. The third-order valence-corrected chi connectivity index (χ3v) is 3.41. The first-order valence-electron chi connectivity index (χ1n) is 6.47. The molecule has 0 unspecified atom stereocenters. The fraction of sp³-hybridized carbons (Fsp3) is 0.833. The Labute approximate surface area is 107 Å². The zero-order chi connectivity index (χ0) is 12.8. The average molecular weight is 255 g/mol. The maximum atomic E-state index is 5.62. The predicted octanol–water partition coefficient (Wildman–Crippen LogP) is 1.00. The number of ether oxygens (including phenoxy) is 2. The zero-order valence-electron chi connectivity index (χ0n) is 10.9. The summed E-state index contributed by atoms with van der Waals surface area (Å²) in [5, 5.41) is 4.06. The molecule has 0 saturated carbocycles. The lowest BCUT2D eigenvalue weighted by molar-refractivity contribution is -0.101. The van der Waals surface area contributed by atoms with Crippen LogP contribution in [0.15, 0.2) is 4.52 Å². The number of methoxy groups -OCH3 is 1. The van der Waals surface area contributed by atoms with Crippen molar-refractivity contribution in [2.45, 2.75) is 37.7 Å². The lowest BCUT2D eigenvalue weighted by Gasteiger charge is -2.32. The second kappa shape index (κ2) is 6.26. The third-order valence-electron chi connectivity index (χ3n) is 3.41. The van der Waals surface area contributed by atoms with Gasteiger partial charge in [0.2, 0.25) is 11.7 Å². The molecule has 2 rings (SSSR count). The average Bonchev–Trinajstić information content (AvgIpc) is 2.89. The molecular weight excluding hydrogens is 234 g/mol. The van der Waals surface area contributed by atoms with Crippen LogP contribution in [-0.4, -0.2) is 37.0 Å². The molecule has 18 heavy (non-hydrogen) atoms. The highest BCUT2D eigenvalue weighted by molar-refractivity contribution is 5.03. The summed E-state index contributed by atoms with van der Waals surface area (Å²) in [6.07, 6.45) is 4.26. The van der Waals surface area contributed by atoms with E-state index in [2.05, 4.69) is 10.1 Å². The molecule has 2 N–H and O–H groups in total. The molecule has 0 spiro atoms. The fourth-order valence-corrected chi connectivity index (χ4v) is 2.18. The molecule has 0 aromatic carbocycles. The molecule has 0 aliphatic carbocycles. The smallest absolute Gasteiger partial charge is 0.226 e. The summed E-state index contributed by atoms with van der Waals surface area (Å²) in [4.78, 5) is 4.45. The van der Waals surface area contributed by atoms with Crippen LogP contribution in [0.2, 0.25) is 0 Å². The second-order valence-electron chi connectivity index (χ2n) is 4.57. The normalized spacial score (nSPS) is 19.0. The van der Waals surface area contributed by atoms with E-state index in [9.17, 15) is 0 Å². The van der Waals surface area contributed by atoms with Gasteiger partial charge in [0, 0.05) is 39.6 Å². The highest BCUT2D eigenvalue weighted by atomic mass is 16.5. The van der Waals surface area contributed by atoms with E-state index in [0.717, 1.165) is 32.1 Å². The van der Waals surface area contributed by atoms with E-state index in [-0.39, 0.29) is 0 Å². The van der Waals surface area contributed by atoms with Crippen LogP contribution in [0.25, 0.3) is 0 Å². The van der Waals surface area contributed by atoms with Crippen molar-refractivity contribution in [3.05, 3.63) is 11.7 Å². The summed E-state index contributed by atoms with van der Waals surface area (Å²) in [6, 6.07) is 0. The van der Waals surface area contributed by atoms with Crippen molar-refractivity contribution in [3.63, 3.8) is 0 Å². The van der Waals surface area contributed by atoms with Gasteiger partial charge in [0.1, 0.15) is 5.60 Å². The molecule has 0 bridgehead atoms. The van der Waals surface area contributed by atoms with Gasteiger partial charge < -0.3 is 19.7 Å². The quantitative estimate of drug-likeness (QED) is 0.764. The first-order chi connectivity index (χ1) is 8.80. The topological polar surface area (TPSA) is 83.4 Å². The molecule has 1 aliphatic heterocycles. The molecule has 0 radical (unpaired) electrons. The van der Waals surface area contributed by atoms with Crippen LogP contribution in [0.3, 0.4) is 0 Å². The Hall–Kier alpha value is -0.980. The first-order valence-corrected chi connectivity index (χ1v) is 6.47. The number of nitrogens with two attached hydrogens (primary N) is 1. The van der Waals surface area contributed by atoms with E-state index in [4.69, 9.17) is 19.7 Å². The first kappa shape index (κ1) is 13.5. The Morgan fingerprint density at radius 1 is 1.33 bits per heavy atom. The van der Waals surface area contributed by atoms with Gasteiger partial charge in [-0.25, -0.2) is 0 Å². The van der Waals surface area contributed by atoms with Crippen molar-refractivity contribution in [2.24, 2.45) is 5.73 Å². The summed E-state index contributed by atoms with van der Waals surface area (Å²) in [7, 11) is 1.69. The van der Waals surface area contributed by atoms with Gasteiger partial charge in [-0.1, -0.05) is 5.16 Å². The Bertz CT molecular complexity index is 361. The minimum absolute atomic E-state index is 0.437. The fourth-order valence-electron chi connectivity index (χ4n) is 2.18. The maximum absolute atomic E-state index is 5.62. The molecule has 0 amide bonds. The van der Waals surface area contributed by atoms with Crippen molar-refractivity contribution in [2.75, 3.05) is 26.9 Å². The standard InChI is InChI=1S/C12H21N3O3/c1-16-12(5-8-17-9-6-12)11-14-10(18-15-11)4-2-3-7-13/h2-9,13H2,1H3. The largest absolute Gasteiger partial charge is 0.381 e. The number of unbranched alkanes of at least 4 members (excludes halogenated alkanes) is 1. The Balaban J connectivity index is 2.02. The van der Waals surface area contributed by atoms with Crippen molar-refractivity contribution in [1.82, 2.24) is 10.1 Å². The molecule has 1 aliphatic rings. The van der Waals surface area contributed by atoms with Crippen LogP contribution in [0.5, 0.6) is 0 Å². The van der Waals surface area contributed by atoms with Gasteiger partial charge in [-0.15, -0.1) is 0 Å². The molecule has 6 heteroatoms. The summed E-state index contributed by atoms with van der Waals surface area (Å²) < 4.78 is 16.2. The zero-order valence-corrected chi connectivity index (χ0v) is 10.9. The van der Waals surface area contributed by atoms with Gasteiger partial charge in [-0.2, -0.15) is 4.98 Å². The van der Waals surface area contributed by atoms with Crippen LogP contribution in [-0.2, 0) is 21.5 Å². The molecule has 102 valence electrons. The summed E-state index contributed by atoms with van der Waals surface area (Å²) in [5.74, 6) is 1.32. The molecule has 1 fully saturated rings. The van der Waals surface area contributed by atoms with Gasteiger partial charge in [-0.3, -0.25) is 0 Å². The Morgan fingerprint density at radius 3 is 2.78 bits per heavy atom. The van der Waals surface area contributed by atoms with E-state index in [1.807, 2.05) is 0 Å². The van der Waals surface area contributed by atoms with Gasteiger partial charge in [-0.05, 0) is 19.4 Å². The van der Waals surface area contributed by atoms with E-state index in [1.165, 1.54) is 0 Å². The van der Waals surface area contributed by atoms with Crippen molar-refractivity contribution < 1.29 is 14.0 Å². The van der Waals surface area contributed by atoms with E-state index in [1.54, 1.807) is 7.11 Å². The number of aryl methyl sites for hydroxylation is 1. The minimum atomic E-state index is -0.437. The Morgan fingerprint density at radius 2 is 2.11 bits per heavy atom. The van der Waals surface area contributed by atoms with Crippen LogP contribution >= 0.6 is 0 Å². The molecule has 1 saturated heterocycles. The van der Waals surface area contributed by atoms with Crippen LogP contribution in [0, 0.1) is 0 Å². The molecule has 1 aromatic rings. The summed E-state index contributed by atoms with van der Waals surface area (Å²) in [5.41, 5.74) is 5.02. The van der Waals surface area contributed by atoms with Gasteiger partial charge in [0.25, 0.3) is 0 Å². The molecular formula is C12H21N3O3. The molecule has 2 heterocycles. The van der Waals surface area contributed by atoms with E-state index < -0.39 is 5.60 Å². The number of rotatable bonds is 6. The lowest BCUT2D eigenvalue weighted by atomic mass is 9.93. The van der Waals surface area contributed by atoms with Crippen molar-refractivity contribution >= 4 is 0 Å². The number of aromatic nitrogens is 2. The third kappa shape index (κ3) is 2.88. The SMILES string of the molecule is COC1(c2noc(CCCCN)n2)CCOCC1. The van der Waals surface area contributed by atoms with Crippen LogP contribution in [0.1, 0.15) is 37.4 Å². The van der Waals surface area contributed by atoms with Crippen molar-refractivity contribution in [1.29, 1.82) is 0 Å². The minimum Gasteiger partial charge on any atom is -0.381 e. The van der Waals surface area contributed by atoms with Crippen molar-refractivity contribution in [3.8, 4) is 0 Å². The monoisotopic (exact) mass is 255 g/mol. The molecule has 0 atom stereocenters. The second-order valence-corrected chi connectivity index (χ2v) is 4.57. The molecule has 6 nitrogen and oxygen atoms in total. The van der Waals surface area contributed by atoms with E-state index in [0.29, 0.717) is 31.5 Å². The van der Waals surface area contributed by atoms with E-state index >= 15 is 0 Å².